The minimum Gasteiger partial charge on any atom is -0.377 e. The van der Waals surface area contributed by atoms with Crippen molar-refractivity contribution in [3.05, 3.63) is 21.9 Å². The maximum atomic E-state index is 5.67. The van der Waals surface area contributed by atoms with Gasteiger partial charge in [0, 0.05) is 24.6 Å². The zero-order valence-electron chi connectivity index (χ0n) is 10.5. The van der Waals surface area contributed by atoms with Gasteiger partial charge < -0.3 is 10.1 Å². The lowest BCUT2D eigenvalue weighted by Gasteiger charge is -2.42. The fourth-order valence-electron chi connectivity index (χ4n) is 3.03. The largest absolute Gasteiger partial charge is 0.377 e. The molecule has 1 N–H and O–H groups in total. The van der Waals surface area contributed by atoms with Gasteiger partial charge in [0.2, 0.25) is 0 Å². The Labute approximate surface area is 107 Å². The Balaban J connectivity index is 1.63. The molecule has 0 spiro atoms. The van der Waals surface area contributed by atoms with Crippen LogP contribution in [0.4, 0.5) is 0 Å². The highest BCUT2D eigenvalue weighted by molar-refractivity contribution is 7.10. The van der Waals surface area contributed by atoms with Crippen molar-refractivity contribution >= 4 is 11.3 Å². The standard InChI is InChI=1S/C14H21NOS/c1-16-14(7-3-8-14)10-15-12-4-2-5-13-11(12)6-9-17-13/h6,9,12,15H,2-5,7-8,10H2,1H3. The molecule has 1 fully saturated rings. The summed E-state index contributed by atoms with van der Waals surface area (Å²) in [6.07, 6.45) is 7.65. The molecule has 0 aromatic carbocycles. The van der Waals surface area contributed by atoms with E-state index in [1.54, 1.807) is 10.4 Å². The third-order valence-corrected chi connectivity index (χ3v) is 5.42. The van der Waals surface area contributed by atoms with Crippen LogP contribution in [0.2, 0.25) is 0 Å². The molecule has 0 aliphatic heterocycles. The van der Waals surface area contributed by atoms with Crippen molar-refractivity contribution in [2.75, 3.05) is 13.7 Å². The van der Waals surface area contributed by atoms with E-state index in [0.29, 0.717) is 6.04 Å². The van der Waals surface area contributed by atoms with Crippen LogP contribution in [0.5, 0.6) is 0 Å². The van der Waals surface area contributed by atoms with Gasteiger partial charge in [-0.2, -0.15) is 0 Å². The average Bonchev–Trinajstić information content (AvgIpc) is 2.77. The first kappa shape index (κ1) is 11.7. The molecule has 3 rings (SSSR count). The molecule has 2 aliphatic rings. The molecule has 1 atom stereocenters. The van der Waals surface area contributed by atoms with Gasteiger partial charge in [-0.1, -0.05) is 0 Å². The number of hydrogen-bond acceptors (Lipinski definition) is 3. The summed E-state index contributed by atoms with van der Waals surface area (Å²) in [5.41, 5.74) is 1.69. The molecule has 17 heavy (non-hydrogen) atoms. The number of hydrogen-bond donors (Lipinski definition) is 1. The summed E-state index contributed by atoms with van der Waals surface area (Å²) >= 11 is 1.92. The van der Waals surface area contributed by atoms with Crippen molar-refractivity contribution in [2.24, 2.45) is 0 Å². The molecule has 0 bridgehead atoms. The van der Waals surface area contributed by atoms with Gasteiger partial charge in [-0.05, 0) is 55.5 Å². The predicted molar refractivity (Wildman–Crippen MR) is 71.6 cm³/mol. The monoisotopic (exact) mass is 251 g/mol. The predicted octanol–water partition coefficient (Wildman–Crippen LogP) is 3.28. The Morgan fingerprint density at radius 2 is 2.35 bits per heavy atom. The smallest absolute Gasteiger partial charge is 0.0802 e. The zero-order chi connectivity index (χ0) is 11.7. The number of fused-ring (bicyclic) bond motifs is 1. The summed E-state index contributed by atoms with van der Waals surface area (Å²) in [5.74, 6) is 0. The number of methoxy groups -OCH3 is 1. The van der Waals surface area contributed by atoms with Crippen molar-refractivity contribution < 1.29 is 4.74 Å². The van der Waals surface area contributed by atoms with E-state index in [1.807, 2.05) is 18.4 Å². The first-order valence-corrected chi connectivity index (χ1v) is 7.56. The first-order chi connectivity index (χ1) is 8.33. The fraction of sp³-hybridized carbons (Fsp3) is 0.714. The highest BCUT2D eigenvalue weighted by Crippen LogP contribution is 2.37. The molecule has 0 radical (unpaired) electrons. The Kier molecular flexibility index (Phi) is 3.24. The van der Waals surface area contributed by atoms with Gasteiger partial charge in [0.1, 0.15) is 0 Å². The van der Waals surface area contributed by atoms with Crippen LogP contribution < -0.4 is 5.32 Å². The zero-order valence-corrected chi connectivity index (χ0v) is 11.3. The van der Waals surface area contributed by atoms with E-state index >= 15 is 0 Å². The second-order valence-electron chi connectivity index (χ2n) is 5.37. The van der Waals surface area contributed by atoms with Crippen molar-refractivity contribution in [1.29, 1.82) is 0 Å². The highest BCUT2D eigenvalue weighted by atomic mass is 32.1. The van der Waals surface area contributed by atoms with Crippen LogP contribution in [-0.2, 0) is 11.2 Å². The third-order valence-electron chi connectivity index (χ3n) is 4.42. The van der Waals surface area contributed by atoms with E-state index in [1.165, 1.54) is 38.5 Å². The number of rotatable bonds is 4. The SMILES string of the molecule is COC1(CNC2CCCc3sccc32)CCC1. The quantitative estimate of drug-likeness (QED) is 0.886. The average molecular weight is 251 g/mol. The molecule has 94 valence electrons. The lowest BCUT2D eigenvalue weighted by Crippen LogP contribution is -2.48. The maximum Gasteiger partial charge on any atom is 0.0802 e. The molecule has 1 unspecified atom stereocenters. The topological polar surface area (TPSA) is 21.3 Å². The van der Waals surface area contributed by atoms with Crippen molar-refractivity contribution in [3.63, 3.8) is 0 Å². The van der Waals surface area contributed by atoms with Gasteiger partial charge in [0.15, 0.2) is 0 Å². The van der Waals surface area contributed by atoms with Crippen molar-refractivity contribution in [3.8, 4) is 0 Å². The molecule has 2 nitrogen and oxygen atoms in total. The Morgan fingerprint density at radius 1 is 1.47 bits per heavy atom. The van der Waals surface area contributed by atoms with E-state index in [9.17, 15) is 0 Å². The van der Waals surface area contributed by atoms with Crippen LogP contribution >= 0.6 is 11.3 Å². The first-order valence-electron chi connectivity index (χ1n) is 6.68. The van der Waals surface area contributed by atoms with Gasteiger partial charge >= 0.3 is 0 Å². The minimum absolute atomic E-state index is 0.146. The summed E-state index contributed by atoms with van der Waals surface area (Å²) < 4.78 is 5.67. The van der Waals surface area contributed by atoms with Crippen LogP contribution in [0, 0.1) is 0 Å². The summed E-state index contributed by atoms with van der Waals surface area (Å²) in [4.78, 5) is 1.59. The minimum atomic E-state index is 0.146. The van der Waals surface area contributed by atoms with Crippen LogP contribution in [-0.4, -0.2) is 19.3 Å². The molecular formula is C14H21NOS. The molecule has 0 saturated heterocycles. The summed E-state index contributed by atoms with van der Waals surface area (Å²) in [6.45, 7) is 1.02. The van der Waals surface area contributed by atoms with Crippen LogP contribution in [0.25, 0.3) is 0 Å². The molecular weight excluding hydrogens is 230 g/mol. The molecule has 1 heterocycles. The Hall–Kier alpha value is -0.380. The molecule has 3 heteroatoms. The summed E-state index contributed by atoms with van der Waals surface area (Å²) in [5, 5.41) is 5.98. The third kappa shape index (κ3) is 2.16. The van der Waals surface area contributed by atoms with Crippen molar-refractivity contribution in [1.82, 2.24) is 5.32 Å². The van der Waals surface area contributed by atoms with E-state index in [4.69, 9.17) is 4.74 Å². The van der Waals surface area contributed by atoms with Gasteiger partial charge in [-0.25, -0.2) is 0 Å². The van der Waals surface area contributed by atoms with Crippen LogP contribution in [0.1, 0.15) is 48.6 Å². The second-order valence-corrected chi connectivity index (χ2v) is 6.37. The molecule has 1 aromatic heterocycles. The second kappa shape index (κ2) is 4.71. The molecule has 1 aromatic rings. The molecule has 1 saturated carbocycles. The lowest BCUT2D eigenvalue weighted by atomic mass is 9.79. The summed E-state index contributed by atoms with van der Waals surface area (Å²) in [7, 11) is 1.86. The van der Waals surface area contributed by atoms with E-state index in [0.717, 1.165) is 6.54 Å². The number of thiophene rings is 1. The van der Waals surface area contributed by atoms with Crippen LogP contribution in [0.3, 0.4) is 0 Å². The van der Waals surface area contributed by atoms with Crippen molar-refractivity contribution in [2.45, 2.75) is 50.2 Å². The van der Waals surface area contributed by atoms with E-state index < -0.39 is 0 Å². The number of nitrogens with one attached hydrogen (secondary N) is 1. The van der Waals surface area contributed by atoms with Gasteiger partial charge in [-0.3, -0.25) is 0 Å². The number of aryl methyl sites for hydroxylation is 1. The highest BCUT2D eigenvalue weighted by Gasteiger charge is 2.37. The molecule has 2 aliphatic carbocycles. The van der Waals surface area contributed by atoms with Gasteiger partial charge in [0.25, 0.3) is 0 Å². The normalized spacial score (nSPS) is 26.3. The number of ether oxygens (including phenoxy) is 1. The fourth-order valence-corrected chi connectivity index (χ4v) is 4.02. The Morgan fingerprint density at radius 3 is 3.06 bits per heavy atom. The molecule has 0 amide bonds. The maximum absolute atomic E-state index is 5.67. The van der Waals surface area contributed by atoms with E-state index in [2.05, 4.69) is 16.8 Å². The lowest BCUT2D eigenvalue weighted by molar-refractivity contribution is -0.0711. The summed E-state index contributed by atoms with van der Waals surface area (Å²) in [6, 6.07) is 2.87. The Bertz CT molecular complexity index is 378. The van der Waals surface area contributed by atoms with Gasteiger partial charge in [-0.15, -0.1) is 11.3 Å². The van der Waals surface area contributed by atoms with Gasteiger partial charge in [0.05, 0.1) is 5.60 Å². The van der Waals surface area contributed by atoms with Crippen LogP contribution in [0.15, 0.2) is 11.4 Å². The van der Waals surface area contributed by atoms with E-state index in [-0.39, 0.29) is 5.60 Å².